The SMILES string of the molecule is Cc1cn(CCO)c2ncc(-n3c(=O)n(C[C@H]4CC[C@H](NC(=O)c5cc(Cl)cnc5C(F)F)CC4)c4ccccc43)cc12. The van der Waals surface area contributed by atoms with Crippen LogP contribution in [0.4, 0.5) is 8.78 Å². The van der Waals surface area contributed by atoms with Crippen molar-refractivity contribution in [3.63, 3.8) is 0 Å². The van der Waals surface area contributed by atoms with Gasteiger partial charge in [0.15, 0.2) is 0 Å². The molecule has 1 aliphatic rings. The number of aliphatic hydroxyl groups is 1. The van der Waals surface area contributed by atoms with E-state index in [1.165, 1.54) is 6.07 Å². The van der Waals surface area contributed by atoms with Gasteiger partial charge in [0.05, 0.1) is 40.1 Å². The van der Waals surface area contributed by atoms with Gasteiger partial charge >= 0.3 is 5.69 Å². The molecular formula is C31H31ClF2N6O3. The van der Waals surface area contributed by atoms with Crippen molar-refractivity contribution < 1.29 is 18.7 Å². The van der Waals surface area contributed by atoms with Gasteiger partial charge < -0.3 is 15.0 Å². The number of benzene rings is 1. The zero-order chi connectivity index (χ0) is 30.2. The first-order valence-corrected chi connectivity index (χ1v) is 14.6. The lowest BCUT2D eigenvalue weighted by molar-refractivity contribution is 0.0904. The number of carbonyl (C=O) groups is 1. The minimum Gasteiger partial charge on any atom is -0.395 e. The third kappa shape index (κ3) is 5.54. The molecule has 1 aliphatic carbocycles. The van der Waals surface area contributed by atoms with E-state index in [0.29, 0.717) is 31.6 Å². The molecule has 0 spiro atoms. The predicted octanol–water partition coefficient (Wildman–Crippen LogP) is 5.42. The van der Waals surface area contributed by atoms with E-state index in [-0.39, 0.29) is 34.8 Å². The number of rotatable bonds is 8. The highest BCUT2D eigenvalue weighted by Gasteiger charge is 2.27. The Morgan fingerprint density at radius 2 is 1.86 bits per heavy atom. The summed E-state index contributed by atoms with van der Waals surface area (Å²) in [6.45, 7) is 2.95. The molecule has 4 aromatic heterocycles. The van der Waals surface area contributed by atoms with Gasteiger partial charge in [-0.25, -0.2) is 18.6 Å². The Kier molecular flexibility index (Phi) is 8.02. The number of aryl methyl sites for hydroxylation is 1. The Morgan fingerprint density at radius 3 is 2.58 bits per heavy atom. The molecule has 1 amide bonds. The van der Waals surface area contributed by atoms with E-state index in [0.717, 1.165) is 46.7 Å². The molecule has 9 nitrogen and oxygen atoms in total. The normalized spacial score (nSPS) is 17.3. The van der Waals surface area contributed by atoms with Crippen LogP contribution in [0.15, 0.2) is 59.8 Å². The zero-order valence-electron chi connectivity index (χ0n) is 23.5. The van der Waals surface area contributed by atoms with Crippen LogP contribution in [0.1, 0.15) is 53.7 Å². The van der Waals surface area contributed by atoms with Crippen LogP contribution in [0.2, 0.25) is 5.02 Å². The van der Waals surface area contributed by atoms with E-state index in [1.54, 1.807) is 15.3 Å². The molecule has 1 saturated carbocycles. The van der Waals surface area contributed by atoms with Crippen molar-refractivity contribution in [3.05, 3.63) is 87.3 Å². The fourth-order valence-electron chi connectivity index (χ4n) is 6.18. The number of fused-ring (bicyclic) bond motifs is 2. The van der Waals surface area contributed by atoms with E-state index in [9.17, 15) is 23.5 Å². The van der Waals surface area contributed by atoms with Crippen molar-refractivity contribution in [2.24, 2.45) is 5.92 Å². The Morgan fingerprint density at radius 1 is 1.12 bits per heavy atom. The van der Waals surface area contributed by atoms with Gasteiger partial charge in [-0.15, -0.1) is 0 Å². The van der Waals surface area contributed by atoms with E-state index in [4.69, 9.17) is 11.6 Å². The molecule has 4 heterocycles. The highest BCUT2D eigenvalue weighted by Crippen LogP contribution is 2.29. The fraction of sp³-hybridized carbons (Fsp3) is 0.355. The Labute approximate surface area is 250 Å². The predicted molar refractivity (Wildman–Crippen MR) is 160 cm³/mol. The van der Waals surface area contributed by atoms with Crippen molar-refractivity contribution in [2.45, 2.75) is 58.2 Å². The van der Waals surface area contributed by atoms with Crippen molar-refractivity contribution in [3.8, 4) is 5.69 Å². The molecule has 6 rings (SSSR count). The summed E-state index contributed by atoms with van der Waals surface area (Å²) in [6.07, 6.45) is 4.70. The van der Waals surface area contributed by atoms with Crippen molar-refractivity contribution in [1.29, 1.82) is 0 Å². The summed E-state index contributed by atoms with van der Waals surface area (Å²) in [4.78, 5) is 35.0. The summed E-state index contributed by atoms with van der Waals surface area (Å²) in [6, 6.07) is 10.7. The average molecular weight is 609 g/mol. The number of para-hydroxylation sites is 2. The molecule has 2 N–H and O–H groups in total. The van der Waals surface area contributed by atoms with Gasteiger partial charge in [0.25, 0.3) is 12.3 Å². The monoisotopic (exact) mass is 608 g/mol. The van der Waals surface area contributed by atoms with Gasteiger partial charge in [-0.2, -0.15) is 0 Å². The van der Waals surface area contributed by atoms with Gasteiger partial charge in [0.2, 0.25) is 0 Å². The minimum atomic E-state index is -2.89. The summed E-state index contributed by atoms with van der Waals surface area (Å²) < 4.78 is 32.2. The maximum Gasteiger partial charge on any atom is 0.333 e. The topological polar surface area (TPSA) is 107 Å². The number of alkyl halides is 2. The number of imidazole rings is 1. The number of hydrogen-bond donors (Lipinski definition) is 2. The number of amides is 1. The zero-order valence-corrected chi connectivity index (χ0v) is 24.3. The van der Waals surface area contributed by atoms with Crippen molar-refractivity contribution >= 4 is 39.6 Å². The van der Waals surface area contributed by atoms with Crippen LogP contribution in [0.3, 0.4) is 0 Å². The average Bonchev–Trinajstić information content (AvgIpc) is 3.46. The number of halogens is 3. The lowest BCUT2D eigenvalue weighted by Crippen LogP contribution is -2.39. The second kappa shape index (κ2) is 11.9. The minimum absolute atomic E-state index is 0.00684. The molecule has 0 bridgehead atoms. The van der Waals surface area contributed by atoms with Crippen molar-refractivity contribution in [1.82, 2.24) is 29.0 Å². The molecule has 224 valence electrons. The largest absolute Gasteiger partial charge is 0.395 e. The first-order valence-electron chi connectivity index (χ1n) is 14.3. The number of carbonyl (C=O) groups excluding carboxylic acids is 1. The second-order valence-corrected chi connectivity index (χ2v) is 11.5. The van der Waals surface area contributed by atoms with Gasteiger partial charge in [0.1, 0.15) is 11.3 Å². The Balaban J connectivity index is 1.21. The number of aliphatic hydroxyl groups excluding tert-OH is 1. The quantitative estimate of drug-likeness (QED) is 0.245. The number of nitrogens with one attached hydrogen (secondary N) is 1. The van der Waals surface area contributed by atoms with Gasteiger partial charge in [-0.3, -0.25) is 18.9 Å². The summed E-state index contributed by atoms with van der Waals surface area (Å²) in [5.41, 5.74) is 3.09. The van der Waals surface area contributed by atoms with Crippen LogP contribution in [-0.4, -0.2) is 47.3 Å². The molecule has 1 fully saturated rings. The molecule has 0 radical (unpaired) electrons. The molecule has 5 aromatic rings. The third-order valence-corrected chi connectivity index (χ3v) is 8.50. The highest BCUT2D eigenvalue weighted by molar-refractivity contribution is 6.30. The second-order valence-electron chi connectivity index (χ2n) is 11.1. The molecule has 1 aromatic carbocycles. The lowest BCUT2D eigenvalue weighted by atomic mass is 9.85. The highest BCUT2D eigenvalue weighted by atomic mass is 35.5. The first kappa shape index (κ1) is 29.0. The van der Waals surface area contributed by atoms with Gasteiger partial charge in [-0.05, 0) is 68.4 Å². The molecule has 0 saturated heterocycles. The molecule has 43 heavy (non-hydrogen) atoms. The number of pyridine rings is 2. The molecule has 0 unspecified atom stereocenters. The van der Waals surface area contributed by atoms with Crippen LogP contribution < -0.4 is 11.0 Å². The summed E-state index contributed by atoms with van der Waals surface area (Å²) in [7, 11) is 0. The molecule has 0 atom stereocenters. The molecule has 12 heteroatoms. The fourth-order valence-corrected chi connectivity index (χ4v) is 6.34. The summed E-state index contributed by atoms with van der Waals surface area (Å²) in [5.74, 6) is -0.412. The maximum absolute atomic E-state index is 13.9. The molecular weight excluding hydrogens is 578 g/mol. The van der Waals surface area contributed by atoms with Crippen LogP contribution in [0.25, 0.3) is 27.8 Å². The van der Waals surface area contributed by atoms with Crippen LogP contribution in [-0.2, 0) is 13.1 Å². The van der Waals surface area contributed by atoms with E-state index in [1.807, 2.05) is 48.0 Å². The third-order valence-electron chi connectivity index (χ3n) is 8.29. The maximum atomic E-state index is 13.9. The lowest BCUT2D eigenvalue weighted by Gasteiger charge is -2.29. The van der Waals surface area contributed by atoms with E-state index < -0.39 is 18.0 Å². The van der Waals surface area contributed by atoms with E-state index >= 15 is 0 Å². The Bertz CT molecular complexity index is 1870. The summed E-state index contributed by atoms with van der Waals surface area (Å²) >= 11 is 5.91. The van der Waals surface area contributed by atoms with Gasteiger partial charge in [-0.1, -0.05) is 23.7 Å². The number of hydrogen-bond acceptors (Lipinski definition) is 5. The van der Waals surface area contributed by atoms with Gasteiger partial charge in [0, 0.05) is 36.9 Å². The number of aromatic nitrogens is 5. The number of nitrogens with zero attached hydrogens (tertiary/aromatic N) is 5. The van der Waals surface area contributed by atoms with Crippen LogP contribution in [0, 0.1) is 12.8 Å². The van der Waals surface area contributed by atoms with E-state index in [2.05, 4.69) is 15.3 Å². The smallest absolute Gasteiger partial charge is 0.333 e. The Hall–Kier alpha value is -4.09. The van der Waals surface area contributed by atoms with Crippen LogP contribution in [0.5, 0.6) is 0 Å². The van der Waals surface area contributed by atoms with Crippen LogP contribution >= 0.6 is 11.6 Å². The first-order chi connectivity index (χ1) is 20.7. The summed E-state index contributed by atoms with van der Waals surface area (Å²) in [5, 5.41) is 13.3. The standard InChI is InChI=1S/C31H31ClF2N6O3/c1-18-16-38(10-11-41)29-23(18)13-22(15-36-29)40-26-5-3-2-4-25(26)39(31(40)43)17-19-6-8-21(9-7-19)37-30(42)24-12-20(32)14-35-27(24)28(33)34/h2-5,12-16,19,21,28,41H,6-11,17H2,1H3,(H,37,42)/t19-,21-. The van der Waals surface area contributed by atoms with Crippen molar-refractivity contribution in [2.75, 3.05) is 6.61 Å². The molecule has 0 aliphatic heterocycles.